The summed E-state index contributed by atoms with van der Waals surface area (Å²) < 4.78 is 40.0. The summed E-state index contributed by atoms with van der Waals surface area (Å²) in [7, 11) is 0. The summed E-state index contributed by atoms with van der Waals surface area (Å²) in [6.45, 7) is 1.54. The molecule has 16 heavy (non-hydrogen) atoms. The molecule has 1 rings (SSSR count). The van der Waals surface area contributed by atoms with Crippen molar-refractivity contribution >= 4 is 22.6 Å². The molecule has 0 spiro atoms. The molecule has 0 aliphatic rings. The number of rotatable bonds is 2. The van der Waals surface area contributed by atoms with Crippen LogP contribution < -0.4 is 4.74 Å². The second-order valence-electron chi connectivity index (χ2n) is 2.89. The Balaban J connectivity index is 3.06. The Morgan fingerprint density at radius 1 is 1.56 bits per heavy atom. The van der Waals surface area contributed by atoms with Gasteiger partial charge in [0.1, 0.15) is 0 Å². The van der Waals surface area contributed by atoms with Crippen LogP contribution in [-0.4, -0.2) is 11.3 Å². The predicted octanol–water partition coefficient (Wildman–Crippen LogP) is 2.96. The monoisotopic (exact) mass is 342 g/mol. The summed E-state index contributed by atoms with van der Waals surface area (Å²) in [6, 6.07) is 3.09. The second-order valence-corrected chi connectivity index (χ2v) is 4.05. The number of pyridine rings is 1. The highest BCUT2D eigenvalue weighted by Gasteiger charge is 2.32. The van der Waals surface area contributed by atoms with Gasteiger partial charge in [-0.15, -0.1) is 13.2 Å². The molecular weight excluding hydrogens is 336 g/mol. The Labute approximate surface area is 103 Å². The van der Waals surface area contributed by atoms with E-state index in [0.29, 0.717) is 14.8 Å². The summed E-state index contributed by atoms with van der Waals surface area (Å²) in [6.07, 6.45) is -4.64. The standard InChI is InChI=1S/C9H6F3IN2O/c1-5-6(2-3-14)7(13)4-8(15-5)16-9(10,11)12/h4H,2H2,1H3. The largest absolute Gasteiger partial charge is 0.574 e. The normalized spacial score (nSPS) is 11.0. The topological polar surface area (TPSA) is 45.9 Å². The fourth-order valence-electron chi connectivity index (χ4n) is 1.10. The minimum atomic E-state index is -4.75. The van der Waals surface area contributed by atoms with E-state index in [-0.39, 0.29) is 6.42 Å². The average Bonchev–Trinajstić information content (AvgIpc) is 2.08. The third-order valence-corrected chi connectivity index (χ3v) is 2.69. The van der Waals surface area contributed by atoms with E-state index in [1.807, 2.05) is 28.7 Å². The first-order valence-corrected chi connectivity index (χ1v) is 5.20. The molecule has 0 amide bonds. The van der Waals surface area contributed by atoms with Crippen LogP contribution in [0.25, 0.3) is 0 Å². The molecule has 0 atom stereocenters. The number of hydrogen-bond acceptors (Lipinski definition) is 3. The van der Waals surface area contributed by atoms with Crippen molar-refractivity contribution in [1.29, 1.82) is 5.26 Å². The lowest BCUT2D eigenvalue weighted by atomic mass is 10.1. The van der Waals surface area contributed by atoms with Crippen molar-refractivity contribution < 1.29 is 17.9 Å². The van der Waals surface area contributed by atoms with Crippen molar-refractivity contribution in [2.24, 2.45) is 0 Å². The number of nitrogens with zero attached hydrogens (tertiary/aromatic N) is 2. The van der Waals surface area contributed by atoms with Gasteiger partial charge in [0.2, 0.25) is 5.88 Å². The summed E-state index contributed by atoms with van der Waals surface area (Å²) in [5.41, 5.74) is 0.991. The Hall–Kier alpha value is -1.04. The van der Waals surface area contributed by atoms with Gasteiger partial charge in [0, 0.05) is 20.9 Å². The van der Waals surface area contributed by atoms with E-state index in [0.717, 1.165) is 6.07 Å². The summed E-state index contributed by atoms with van der Waals surface area (Å²) in [5, 5.41) is 8.53. The van der Waals surface area contributed by atoms with Gasteiger partial charge >= 0.3 is 6.36 Å². The number of alkyl halides is 3. The van der Waals surface area contributed by atoms with Crippen LogP contribution in [0.2, 0.25) is 0 Å². The van der Waals surface area contributed by atoms with Gasteiger partial charge in [-0.05, 0) is 29.5 Å². The zero-order valence-corrected chi connectivity index (χ0v) is 10.3. The number of aryl methyl sites for hydroxylation is 1. The summed E-state index contributed by atoms with van der Waals surface area (Å²) in [4.78, 5) is 3.64. The number of halogens is 4. The van der Waals surface area contributed by atoms with E-state index in [2.05, 4.69) is 9.72 Å². The first-order chi connectivity index (χ1) is 7.33. The minimum absolute atomic E-state index is 0.114. The lowest BCUT2D eigenvalue weighted by Gasteiger charge is -2.11. The number of nitriles is 1. The maximum atomic E-state index is 11.9. The molecule has 1 heterocycles. The van der Waals surface area contributed by atoms with Crippen LogP contribution in [0.3, 0.4) is 0 Å². The van der Waals surface area contributed by atoms with E-state index in [4.69, 9.17) is 5.26 Å². The van der Waals surface area contributed by atoms with Crippen LogP contribution in [0.4, 0.5) is 13.2 Å². The van der Waals surface area contributed by atoms with Crippen molar-refractivity contribution in [2.75, 3.05) is 0 Å². The second kappa shape index (κ2) is 4.86. The zero-order chi connectivity index (χ0) is 12.3. The lowest BCUT2D eigenvalue weighted by Crippen LogP contribution is -2.18. The lowest BCUT2D eigenvalue weighted by molar-refractivity contribution is -0.276. The van der Waals surface area contributed by atoms with Crippen molar-refractivity contribution in [3.8, 4) is 11.9 Å². The maximum Gasteiger partial charge on any atom is 0.574 e. The van der Waals surface area contributed by atoms with Gasteiger partial charge in [-0.25, -0.2) is 4.98 Å². The van der Waals surface area contributed by atoms with Crippen molar-refractivity contribution in [3.63, 3.8) is 0 Å². The van der Waals surface area contributed by atoms with Crippen molar-refractivity contribution in [2.45, 2.75) is 19.7 Å². The molecule has 3 nitrogen and oxygen atoms in total. The maximum absolute atomic E-state index is 11.9. The van der Waals surface area contributed by atoms with Crippen LogP contribution in [-0.2, 0) is 6.42 Å². The van der Waals surface area contributed by atoms with Gasteiger partial charge in [0.15, 0.2) is 0 Å². The fourth-order valence-corrected chi connectivity index (χ4v) is 1.94. The average molecular weight is 342 g/mol. The minimum Gasteiger partial charge on any atom is -0.388 e. The van der Waals surface area contributed by atoms with Crippen LogP contribution in [0.5, 0.6) is 5.88 Å². The molecular formula is C9H6F3IN2O. The number of ether oxygens (including phenoxy) is 1. The van der Waals surface area contributed by atoms with Gasteiger partial charge in [-0.2, -0.15) is 5.26 Å². The van der Waals surface area contributed by atoms with Crippen LogP contribution in [0.1, 0.15) is 11.3 Å². The Bertz CT molecular complexity index is 416. The smallest absolute Gasteiger partial charge is 0.388 e. The van der Waals surface area contributed by atoms with E-state index in [1.165, 1.54) is 6.92 Å². The first-order valence-electron chi connectivity index (χ1n) is 4.12. The molecule has 1 aromatic heterocycles. The van der Waals surface area contributed by atoms with E-state index in [1.54, 1.807) is 0 Å². The molecule has 0 radical (unpaired) electrons. The molecule has 0 N–H and O–H groups in total. The summed E-state index contributed by atoms with van der Waals surface area (Å²) in [5.74, 6) is -0.504. The van der Waals surface area contributed by atoms with Crippen LogP contribution in [0, 0.1) is 21.8 Å². The quantitative estimate of drug-likeness (QED) is 0.777. The molecule has 7 heteroatoms. The van der Waals surface area contributed by atoms with Gasteiger partial charge in [-0.3, -0.25) is 0 Å². The Kier molecular flexibility index (Phi) is 3.96. The van der Waals surface area contributed by atoms with Crippen LogP contribution >= 0.6 is 22.6 Å². The highest BCUT2D eigenvalue weighted by molar-refractivity contribution is 14.1. The molecule has 0 aliphatic carbocycles. The molecule has 86 valence electrons. The van der Waals surface area contributed by atoms with E-state index < -0.39 is 12.2 Å². The van der Waals surface area contributed by atoms with Gasteiger partial charge in [-0.1, -0.05) is 0 Å². The SMILES string of the molecule is Cc1nc(OC(F)(F)F)cc(I)c1CC#N. The Morgan fingerprint density at radius 3 is 2.62 bits per heavy atom. The van der Waals surface area contributed by atoms with Crippen molar-refractivity contribution in [1.82, 2.24) is 4.98 Å². The highest BCUT2D eigenvalue weighted by atomic mass is 127. The van der Waals surface area contributed by atoms with E-state index in [9.17, 15) is 13.2 Å². The predicted molar refractivity (Wildman–Crippen MR) is 57.7 cm³/mol. The molecule has 0 unspecified atom stereocenters. The third-order valence-electron chi connectivity index (χ3n) is 1.73. The molecule has 0 aliphatic heterocycles. The number of aromatic nitrogens is 1. The molecule has 0 aromatic carbocycles. The molecule has 0 fully saturated rings. The van der Waals surface area contributed by atoms with Gasteiger partial charge in [0.05, 0.1) is 12.5 Å². The van der Waals surface area contributed by atoms with E-state index >= 15 is 0 Å². The van der Waals surface area contributed by atoms with Crippen molar-refractivity contribution in [3.05, 3.63) is 20.9 Å². The Morgan fingerprint density at radius 2 is 2.19 bits per heavy atom. The van der Waals surface area contributed by atoms with Gasteiger partial charge < -0.3 is 4.74 Å². The van der Waals surface area contributed by atoms with Gasteiger partial charge in [0.25, 0.3) is 0 Å². The highest BCUT2D eigenvalue weighted by Crippen LogP contribution is 2.25. The summed E-state index contributed by atoms with van der Waals surface area (Å²) >= 11 is 1.85. The molecule has 0 saturated heterocycles. The third kappa shape index (κ3) is 3.52. The molecule has 1 aromatic rings. The fraction of sp³-hybridized carbons (Fsp3) is 0.333. The van der Waals surface area contributed by atoms with Crippen LogP contribution in [0.15, 0.2) is 6.07 Å². The first kappa shape index (κ1) is 13.0. The number of hydrogen-bond donors (Lipinski definition) is 0. The molecule has 0 bridgehead atoms. The molecule has 0 saturated carbocycles. The zero-order valence-electron chi connectivity index (χ0n) is 8.10.